The SMILES string of the molecule is Cc1nn(Cc2ccccc2)c2sc(C(=O)OCC(=O)Nc3ccccc3)cc12. The number of anilines is 1. The average Bonchev–Trinajstić information content (AvgIpc) is 3.29. The highest BCUT2D eigenvalue weighted by molar-refractivity contribution is 7.20. The van der Waals surface area contributed by atoms with E-state index < -0.39 is 5.97 Å². The third-order valence-electron chi connectivity index (χ3n) is 4.38. The van der Waals surface area contributed by atoms with Crippen LogP contribution in [0.2, 0.25) is 0 Å². The molecular weight excluding hydrogens is 386 g/mol. The maximum atomic E-state index is 12.4. The lowest BCUT2D eigenvalue weighted by Gasteiger charge is -2.05. The molecule has 0 fully saturated rings. The van der Waals surface area contributed by atoms with E-state index in [-0.39, 0.29) is 12.5 Å². The van der Waals surface area contributed by atoms with Gasteiger partial charge in [0.25, 0.3) is 5.91 Å². The quantitative estimate of drug-likeness (QED) is 0.487. The molecule has 0 bridgehead atoms. The Bertz CT molecular complexity index is 1150. The number of hydrogen-bond donors (Lipinski definition) is 1. The lowest BCUT2D eigenvalue weighted by Crippen LogP contribution is -2.20. The van der Waals surface area contributed by atoms with Gasteiger partial charge < -0.3 is 10.1 Å². The fourth-order valence-electron chi connectivity index (χ4n) is 3.00. The van der Waals surface area contributed by atoms with Crippen molar-refractivity contribution in [2.24, 2.45) is 0 Å². The molecule has 0 aliphatic heterocycles. The van der Waals surface area contributed by atoms with Crippen molar-refractivity contribution in [1.29, 1.82) is 0 Å². The summed E-state index contributed by atoms with van der Waals surface area (Å²) in [5.74, 6) is -0.892. The number of carbonyl (C=O) groups excluding carboxylic acids is 2. The van der Waals surface area contributed by atoms with Crippen LogP contribution in [0.3, 0.4) is 0 Å². The smallest absolute Gasteiger partial charge is 0.348 e. The highest BCUT2D eigenvalue weighted by Gasteiger charge is 2.18. The van der Waals surface area contributed by atoms with Gasteiger partial charge in [0.15, 0.2) is 6.61 Å². The van der Waals surface area contributed by atoms with Crippen molar-refractivity contribution in [3.8, 4) is 0 Å². The Morgan fingerprint density at radius 1 is 1.07 bits per heavy atom. The molecule has 0 aliphatic carbocycles. The van der Waals surface area contributed by atoms with Crippen LogP contribution >= 0.6 is 11.3 Å². The summed E-state index contributed by atoms with van der Waals surface area (Å²) in [5.41, 5.74) is 2.65. The first-order valence-electron chi connectivity index (χ1n) is 9.13. The average molecular weight is 405 g/mol. The zero-order valence-corrected chi connectivity index (χ0v) is 16.6. The Hall–Kier alpha value is -3.45. The second-order valence-corrected chi connectivity index (χ2v) is 7.58. The van der Waals surface area contributed by atoms with Gasteiger partial charge in [-0.25, -0.2) is 4.79 Å². The van der Waals surface area contributed by atoms with Crippen LogP contribution in [0.25, 0.3) is 10.2 Å². The first-order chi connectivity index (χ1) is 14.1. The molecule has 1 amide bonds. The van der Waals surface area contributed by atoms with Crippen LogP contribution in [0.5, 0.6) is 0 Å². The zero-order valence-electron chi connectivity index (χ0n) is 15.8. The fraction of sp³-hybridized carbons (Fsp3) is 0.136. The second-order valence-electron chi connectivity index (χ2n) is 6.55. The van der Waals surface area contributed by atoms with Gasteiger partial charge in [-0.2, -0.15) is 5.10 Å². The van der Waals surface area contributed by atoms with Crippen LogP contribution < -0.4 is 5.32 Å². The lowest BCUT2D eigenvalue weighted by atomic mass is 10.2. The highest BCUT2D eigenvalue weighted by Crippen LogP contribution is 2.29. The molecule has 29 heavy (non-hydrogen) atoms. The lowest BCUT2D eigenvalue weighted by molar-refractivity contribution is -0.119. The summed E-state index contributed by atoms with van der Waals surface area (Å²) in [4.78, 5) is 25.8. The summed E-state index contributed by atoms with van der Waals surface area (Å²) >= 11 is 1.32. The third-order valence-corrected chi connectivity index (χ3v) is 5.50. The predicted octanol–water partition coefficient (Wildman–Crippen LogP) is 4.25. The van der Waals surface area contributed by atoms with Crippen molar-refractivity contribution in [2.75, 3.05) is 11.9 Å². The summed E-state index contributed by atoms with van der Waals surface area (Å²) in [7, 11) is 0. The number of thiophene rings is 1. The van der Waals surface area contributed by atoms with E-state index in [1.165, 1.54) is 11.3 Å². The number of esters is 1. The topological polar surface area (TPSA) is 73.2 Å². The Morgan fingerprint density at radius 2 is 1.76 bits per heavy atom. The monoisotopic (exact) mass is 405 g/mol. The molecule has 0 spiro atoms. The normalized spacial score (nSPS) is 10.8. The molecule has 7 heteroatoms. The van der Waals surface area contributed by atoms with Crippen molar-refractivity contribution in [3.05, 3.63) is 82.9 Å². The number of nitrogens with one attached hydrogen (secondary N) is 1. The number of nitrogens with zero attached hydrogens (tertiary/aromatic N) is 2. The fourth-order valence-corrected chi connectivity index (χ4v) is 4.05. The zero-order chi connectivity index (χ0) is 20.2. The van der Waals surface area contributed by atoms with E-state index in [9.17, 15) is 9.59 Å². The molecule has 2 heterocycles. The summed E-state index contributed by atoms with van der Waals surface area (Å²) in [6.45, 7) is 2.20. The molecule has 2 aromatic heterocycles. The van der Waals surface area contributed by atoms with E-state index in [1.54, 1.807) is 18.2 Å². The number of aromatic nitrogens is 2. The molecule has 0 radical (unpaired) electrons. The van der Waals surface area contributed by atoms with Crippen LogP contribution in [0, 0.1) is 6.92 Å². The van der Waals surface area contributed by atoms with E-state index in [1.807, 2.05) is 60.1 Å². The number of carbonyl (C=O) groups is 2. The van der Waals surface area contributed by atoms with E-state index >= 15 is 0 Å². The third kappa shape index (κ3) is 4.35. The van der Waals surface area contributed by atoms with Crippen LogP contribution in [0.15, 0.2) is 66.7 Å². The summed E-state index contributed by atoms with van der Waals surface area (Å²) in [6.07, 6.45) is 0. The Morgan fingerprint density at radius 3 is 2.48 bits per heavy atom. The van der Waals surface area contributed by atoms with Gasteiger partial charge in [-0.3, -0.25) is 9.48 Å². The van der Waals surface area contributed by atoms with Crippen molar-refractivity contribution in [3.63, 3.8) is 0 Å². The number of fused-ring (bicyclic) bond motifs is 1. The van der Waals surface area contributed by atoms with Crippen molar-refractivity contribution < 1.29 is 14.3 Å². The molecule has 1 N–H and O–H groups in total. The number of para-hydroxylation sites is 1. The predicted molar refractivity (Wildman–Crippen MR) is 113 cm³/mol. The standard InChI is InChI=1S/C22H19N3O3S/c1-15-18-12-19(22(27)28-14-20(26)23-17-10-6-3-7-11-17)29-21(18)25(24-15)13-16-8-4-2-5-9-16/h2-12H,13-14H2,1H3,(H,23,26). The number of rotatable bonds is 6. The number of ether oxygens (including phenoxy) is 1. The minimum atomic E-state index is -0.514. The summed E-state index contributed by atoms with van der Waals surface area (Å²) in [5, 5.41) is 8.19. The molecule has 146 valence electrons. The highest BCUT2D eigenvalue weighted by atomic mass is 32.1. The van der Waals surface area contributed by atoms with Crippen molar-refractivity contribution in [1.82, 2.24) is 9.78 Å². The maximum Gasteiger partial charge on any atom is 0.348 e. The van der Waals surface area contributed by atoms with Crippen molar-refractivity contribution in [2.45, 2.75) is 13.5 Å². The first-order valence-corrected chi connectivity index (χ1v) is 9.95. The molecule has 2 aromatic carbocycles. The Balaban J connectivity index is 1.44. The van der Waals surface area contributed by atoms with E-state index in [0.29, 0.717) is 17.1 Å². The second kappa shape index (κ2) is 8.28. The number of amides is 1. The van der Waals surface area contributed by atoms with Gasteiger partial charge in [0.1, 0.15) is 9.71 Å². The summed E-state index contributed by atoms with van der Waals surface area (Å²) in [6, 6.07) is 20.8. The molecule has 6 nitrogen and oxygen atoms in total. The molecular formula is C22H19N3O3S. The number of hydrogen-bond acceptors (Lipinski definition) is 5. The van der Waals surface area contributed by atoms with Gasteiger partial charge in [-0.05, 0) is 30.7 Å². The molecule has 0 unspecified atom stereocenters. The van der Waals surface area contributed by atoms with Gasteiger partial charge >= 0.3 is 5.97 Å². The van der Waals surface area contributed by atoms with Crippen LogP contribution in [-0.4, -0.2) is 28.3 Å². The largest absolute Gasteiger partial charge is 0.451 e. The minimum absolute atomic E-state index is 0.336. The van der Waals surface area contributed by atoms with Crippen molar-refractivity contribution >= 4 is 39.1 Å². The minimum Gasteiger partial charge on any atom is -0.451 e. The molecule has 4 aromatic rings. The van der Waals surface area contributed by atoms with E-state index in [0.717, 1.165) is 21.5 Å². The molecule has 0 aliphatic rings. The molecule has 0 atom stereocenters. The van der Waals surface area contributed by atoms with Gasteiger partial charge in [-0.15, -0.1) is 11.3 Å². The van der Waals surface area contributed by atoms with Gasteiger partial charge in [0.2, 0.25) is 0 Å². The number of benzene rings is 2. The van der Waals surface area contributed by atoms with E-state index in [4.69, 9.17) is 4.74 Å². The first kappa shape index (κ1) is 18.9. The van der Waals surface area contributed by atoms with Gasteiger partial charge in [0, 0.05) is 11.1 Å². The Kier molecular flexibility index (Phi) is 5.39. The van der Waals surface area contributed by atoms with Gasteiger partial charge in [-0.1, -0.05) is 48.5 Å². The van der Waals surface area contributed by atoms with E-state index in [2.05, 4.69) is 10.4 Å². The summed E-state index contributed by atoms with van der Waals surface area (Å²) < 4.78 is 7.08. The molecule has 4 rings (SSSR count). The number of aryl methyl sites for hydroxylation is 1. The Labute approximate surface area is 171 Å². The molecule has 0 saturated carbocycles. The maximum absolute atomic E-state index is 12.4. The van der Waals surface area contributed by atoms with Crippen LogP contribution in [0.4, 0.5) is 5.69 Å². The van der Waals surface area contributed by atoms with Crippen LogP contribution in [-0.2, 0) is 16.1 Å². The van der Waals surface area contributed by atoms with Crippen LogP contribution in [0.1, 0.15) is 20.9 Å². The van der Waals surface area contributed by atoms with Gasteiger partial charge in [0.05, 0.1) is 12.2 Å². The molecule has 0 saturated heterocycles.